The molecule has 1 heterocycles. The Kier molecular flexibility index (Phi) is 9.80. The molecule has 0 spiro atoms. The summed E-state index contributed by atoms with van der Waals surface area (Å²) in [5, 5.41) is 5.25. The van der Waals surface area contributed by atoms with Crippen LogP contribution in [0.15, 0.2) is 133 Å². The van der Waals surface area contributed by atoms with E-state index in [1.54, 1.807) is 129 Å². The van der Waals surface area contributed by atoms with Crippen molar-refractivity contribution in [2.75, 3.05) is 35.8 Å². The minimum atomic E-state index is -1.65. The summed E-state index contributed by atoms with van der Waals surface area (Å²) in [5.74, 6) is -2.28. The number of nitrogens with zero attached hydrogens (tertiary/aromatic N) is 2. The molecule has 6 rings (SSSR count). The molecule has 50 heavy (non-hydrogen) atoms. The Morgan fingerprint density at radius 3 is 2.10 bits per heavy atom. The Morgan fingerprint density at radius 2 is 1.40 bits per heavy atom. The van der Waals surface area contributed by atoms with E-state index in [2.05, 4.69) is 10.6 Å². The minimum Gasteiger partial charge on any atom is -0.497 e. The molecule has 2 atom stereocenters. The summed E-state index contributed by atoms with van der Waals surface area (Å²) in [6.45, 7) is -0.406. The number of urea groups is 1. The lowest BCUT2D eigenvalue weighted by Gasteiger charge is -2.27. The molecule has 4 amide bonds. The predicted octanol–water partition coefficient (Wildman–Crippen LogP) is 5.83. The first-order valence-corrected chi connectivity index (χ1v) is 15.9. The second kappa shape index (κ2) is 14.7. The monoisotopic (exact) mass is 666 g/mol. The van der Waals surface area contributed by atoms with Crippen LogP contribution in [0.2, 0.25) is 0 Å². The van der Waals surface area contributed by atoms with Crippen LogP contribution in [0.25, 0.3) is 0 Å². The van der Waals surface area contributed by atoms with E-state index in [0.717, 1.165) is 0 Å². The Morgan fingerprint density at radius 1 is 0.760 bits per heavy atom. The van der Waals surface area contributed by atoms with Crippen molar-refractivity contribution in [1.29, 1.82) is 0 Å². The highest BCUT2D eigenvalue weighted by Crippen LogP contribution is 2.37. The maximum atomic E-state index is 14.4. The van der Waals surface area contributed by atoms with Gasteiger partial charge in [-0.15, -0.1) is 0 Å². The number of rotatable bonds is 9. The number of Topliss-reactive ketones (excluding diaryl/α,β-unsaturated/α-hetero) is 1. The van der Waals surface area contributed by atoms with Gasteiger partial charge in [-0.2, -0.15) is 0 Å². The molecule has 0 aromatic heterocycles. The Bertz CT molecular complexity index is 2050. The molecule has 0 saturated heterocycles. The van der Waals surface area contributed by atoms with Gasteiger partial charge in [0.25, 0.3) is 5.91 Å². The molecule has 5 aromatic carbocycles. The summed E-state index contributed by atoms with van der Waals surface area (Å²) in [7, 11) is 3.14. The molecule has 5 aromatic rings. The van der Waals surface area contributed by atoms with Gasteiger partial charge in [0.2, 0.25) is 5.91 Å². The van der Waals surface area contributed by atoms with Crippen LogP contribution >= 0.6 is 0 Å². The molecule has 0 radical (unpaired) electrons. The van der Waals surface area contributed by atoms with Crippen molar-refractivity contribution < 1.29 is 28.7 Å². The van der Waals surface area contributed by atoms with E-state index in [9.17, 15) is 24.0 Å². The van der Waals surface area contributed by atoms with E-state index in [4.69, 9.17) is 4.74 Å². The van der Waals surface area contributed by atoms with Gasteiger partial charge in [0.05, 0.1) is 13.0 Å². The van der Waals surface area contributed by atoms with Gasteiger partial charge < -0.3 is 25.2 Å². The summed E-state index contributed by atoms with van der Waals surface area (Å²) in [4.78, 5) is 71.7. The molecule has 10 nitrogen and oxygen atoms in total. The summed E-state index contributed by atoms with van der Waals surface area (Å²) in [5.41, 5.74) is 3.23. The van der Waals surface area contributed by atoms with Crippen LogP contribution < -0.4 is 25.2 Å². The number of nitrogens with one attached hydrogen (secondary N) is 2. The third kappa shape index (κ3) is 7.00. The van der Waals surface area contributed by atoms with E-state index >= 15 is 0 Å². The molecule has 1 aliphatic rings. The van der Waals surface area contributed by atoms with Gasteiger partial charge in [-0.25, -0.2) is 4.79 Å². The number of ketones is 2. The SMILES string of the molecule is COc1ccc(N(C)C(=O)CN2C(=O)[C@@H](NC(=O)Nc3cccc(C(=O)c4ccccc4)c3)C(=O)C(c3ccccc3)c3ccccc32)cc1. The zero-order valence-electron chi connectivity index (χ0n) is 27.4. The molecular formula is C40H34N4O6. The standard InChI is InChI=1S/C40H34N4O6/c1-43(30-20-22-31(50-2)23-21-30)34(45)25-44-33-19-10-9-18-32(33)35(26-12-5-3-6-13-26)38(47)36(39(44)48)42-40(49)41-29-17-11-16-28(24-29)37(46)27-14-7-4-8-15-27/h3-24,35-36H,25H2,1-2H3,(H2,41,42,49)/t35?,36-/m0/s1. The zero-order valence-corrected chi connectivity index (χ0v) is 27.4. The van der Waals surface area contributed by atoms with Gasteiger partial charge in [0.15, 0.2) is 17.6 Å². The minimum absolute atomic E-state index is 0.229. The number of carbonyl (C=O) groups excluding carboxylic acids is 5. The normalized spacial score (nSPS) is 15.4. The van der Waals surface area contributed by atoms with Crippen LogP contribution in [0.1, 0.15) is 33.0 Å². The van der Waals surface area contributed by atoms with Gasteiger partial charge in [-0.1, -0.05) is 91.0 Å². The number of hydrogen-bond donors (Lipinski definition) is 2. The maximum absolute atomic E-state index is 14.4. The molecule has 0 fully saturated rings. The van der Waals surface area contributed by atoms with Crippen LogP contribution in [0, 0.1) is 0 Å². The van der Waals surface area contributed by atoms with Crippen molar-refractivity contribution in [3.05, 3.63) is 156 Å². The van der Waals surface area contributed by atoms with Crippen molar-refractivity contribution in [2.45, 2.75) is 12.0 Å². The third-order valence-electron chi connectivity index (χ3n) is 8.57. The number of anilines is 3. The molecule has 0 aliphatic carbocycles. The first-order chi connectivity index (χ1) is 24.2. The fourth-order valence-electron chi connectivity index (χ4n) is 5.96. The molecule has 250 valence electrons. The molecule has 0 saturated carbocycles. The van der Waals surface area contributed by atoms with Crippen molar-refractivity contribution in [2.24, 2.45) is 0 Å². The first kappa shape index (κ1) is 33.4. The Balaban J connectivity index is 1.31. The number of para-hydroxylation sites is 1. The summed E-state index contributed by atoms with van der Waals surface area (Å²) in [6, 6.07) is 35.4. The van der Waals surface area contributed by atoms with Gasteiger partial charge in [-0.05, 0) is 53.6 Å². The molecule has 1 unspecified atom stereocenters. The molecule has 1 aliphatic heterocycles. The molecule has 0 bridgehead atoms. The fourth-order valence-corrected chi connectivity index (χ4v) is 5.96. The molecular weight excluding hydrogens is 632 g/mol. The number of carbonyl (C=O) groups is 5. The lowest BCUT2D eigenvalue weighted by atomic mass is 9.85. The highest BCUT2D eigenvalue weighted by Gasteiger charge is 2.43. The van der Waals surface area contributed by atoms with Gasteiger partial charge in [0, 0.05) is 35.2 Å². The number of methoxy groups -OCH3 is 1. The van der Waals surface area contributed by atoms with Crippen molar-refractivity contribution >= 4 is 46.5 Å². The lowest BCUT2D eigenvalue weighted by molar-refractivity contribution is -0.130. The van der Waals surface area contributed by atoms with Crippen LogP contribution in [0.5, 0.6) is 5.75 Å². The van der Waals surface area contributed by atoms with E-state index in [0.29, 0.717) is 39.4 Å². The third-order valence-corrected chi connectivity index (χ3v) is 8.57. The van der Waals surface area contributed by atoms with Crippen molar-refractivity contribution in [3.63, 3.8) is 0 Å². The Hall–Kier alpha value is -6.55. The first-order valence-electron chi connectivity index (χ1n) is 15.9. The fraction of sp³-hybridized carbons (Fsp3) is 0.125. The number of fused-ring (bicyclic) bond motifs is 1. The quantitative estimate of drug-likeness (QED) is 0.151. The van der Waals surface area contributed by atoms with Gasteiger partial charge >= 0.3 is 6.03 Å². The van der Waals surface area contributed by atoms with Crippen LogP contribution in [-0.2, 0) is 14.4 Å². The van der Waals surface area contributed by atoms with E-state index in [1.807, 2.05) is 12.1 Å². The summed E-state index contributed by atoms with van der Waals surface area (Å²) in [6.07, 6.45) is 0. The largest absolute Gasteiger partial charge is 0.497 e. The van der Waals surface area contributed by atoms with Crippen LogP contribution in [0.4, 0.5) is 21.9 Å². The number of amides is 4. The van der Waals surface area contributed by atoms with Crippen LogP contribution in [-0.4, -0.2) is 56.2 Å². The smallest absolute Gasteiger partial charge is 0.320 e. The van der Waals surface area contributed by atoms with Crippen LogP contribution in [0.3, 0.4) is 0 Å². The highest BCUT2D eigenvalue weighted by atomic mass is 16.5. The number of hydrogen-bond acceptors (Lipinski definition) is 6. The second-order valence-corrected chi connectivity index (χ2v) is 11.7. The maximum Gasteiger partial charge on any atom is 0.320 e. The topological polar surface area (TPSA) is 125 Å². The van der Waals surface area contributed by atoms with Gasteiger partial charge in [-0.3, -0.25) is 19.2 Å². The lowest BCUT2D eigenvalue weighted by Crippen LogP contribution is -2.55. The summed E-state index contributed by atoms with van der Waals surface area (Å²) >= 11 is 0. The van der Waals surface area contributed by atoms with E-state index in [1.165, 1.54) is 15.9 Å². The zero-order chi connectivity index (χ0) is 35.2. The summed E-state index contributed by atoms with van der Waals surface area (Å²) < 4.78 is 5.23. The van der Waals surface area contributed by atoms with Gasteiger partial charge in [0.1, 0.15) is 12.3 Å². The Labute approximate surface area is 289 Å². The molecule has 10 heteroatoms. The van der Waals surface area contributed by atoms with E-state index < -0.39 is 42.1 Å². The molecule has 2 N–H and O–H groups in total. The van der Waals surface area contributed by atoms with Crippen molar-refractivity contribution in [1.82, 2.24) is 5.32 Å². The van der Waals surface area contributed by atoms with E-state index in [-0.39, 0.29) is 11.5 Å². The van der Waals surface area contributed by atoms with Crippen molar-refractivity contribution in [3.8, 4) is 5.75 Å². The highest BCUT2D eigenvalue weighted by molar-refractivity contribution is 6.20. The predicted molar refractivity (Wildman–Crippen MR) is 191 cm³/mol. The number of benzene rings is 5. The average molecular weight is 667 g/mol. The number of likely N-dealkylation sites (N-methyl/N-ethyl adjacent to an activating group) is 1. The average Bonchev–Trinajstić information content (AvgIpc) is 3.23. The number of ether oxygens (including phenoxy) is 1. The second-order valence-electron chi connectivity index (χ2n) is 11.7.